The zero-order valence-electron chi connectivity index (χ0n) is 25.5. The Bertz CT molecular complexity index is 1470. The van der Waals surface area contributed by atoms with Crippen molar-refractivity contribution >= 4 is 22.0 Å². The number of nitrogens with zero attached hydrogens (tertiary/aromatic N) is 3. The number of carboxylic acid groups (broad SMARTS) is 1. The molecule has 3 aromatic rings. The highest BCUT2D eigenvalue weighted by atomic mass is 32.2. The van der Waals surface area contributed by atoms with Crippen molar-refractivity contribution in [2.75, 3.05) is 59.1 Å². The Balaban J connectivity index is 1.52. The van der Waals surface area contributed by atoms with Gasteiger partial charge in [0.25, 0.3) is 15.9 Å². The van der Waals surface area contributed by atoms with Crippen LogP contribution < -0.4 is 10.8 Å². The van der Waals surface area contributed by atoms with Crippen molar-refractivity contribution < 1.29 is 37.9 Å². The number of carbonyl (C=O) groups excluding carboxylic acids is 1. The molecule has 4 rings (SSSR count). The highest BCUT2D eigenvalue weighted by molar-refractivity contribution is 7.89. The van der Waals surface area contributed by atoms with Crippen LogP contribution in [0.15, 0.2) is 89.8 Å². The second-order valence-corrected chi connectivity index (χ2v) is 12.4. The summed E-state index contributed by atoms with van der Waals surface area (Å²) in [4.78, 5) is 33.9. The molecule has 0 aromatic heterocycles. The minimum Gasteiger partial charge on any atom is -0.465 e. The predicted octanol–water partition coefficient (Wildman–Crippen LogP) is 2.64. The first-order valence-corrected chi connectivity index (χ1v) is 16.5. The summed E-state index contributed by atoms with van der Waals surface area (Å²) in [6, 6.07) is 22.8. The molecule has 13 nitrogen and oxygen atoms in total. The Morgan fingerprint density at radius 2 is 1.52 bits per heavy atom. The summed E-state index contributed by atoms with van der Waals surface area (Å²) >= 11 is 0. The molecule has 2 amide bonds. The van der Waals surface area contributed by atoms with E-state index in [0.29, 0.717) is 23.2 Å². The maximum absolute atomic E-state index is 14.0. The van der Waals surface area contributed by atoms with Gasteiger partial charge in [0.1, 0.15) is 6.04 Å². The van der Waals surface area contributed by atoms with E-state index in [1.165, 1.54) is 17.6 Å². The number of hydrogen-bond acceptors (Lipinski definition) is 9. The number of sulfonamides is 1. The van der Waals surface area contributed by atoms with Gasteiger partial charge in [-0.05, 0) is 35.2 Å². The normalized spacial score (nSPS) is 14.6. The van der Waals surface area contributed by atoms with Crippen LogP contribution in [0.3, 0.4) is 0 Å². The Morgan fingerprint density at radius 1 is 0.891 bits per heavy atom. The lowest BCUT2D eigenvalue weighted by Crippen LogP contribution is -2.50. The zero-order chi connectivity index (χ0) is 32.8. The molecule has 248 valence electrons. The van der Waals surface area contributed by atoms with Gasteiger partial charge in [-0.15, -0.1) is 0 Å². The lowest BCUT2D eigenvalue weighted by molar-refractivity contribution is -0.159. The fourth-order valence-electron chi connectivity index (χ4n) is 5.03. The molecule has 1 aliphatic rings. The second-order valence-electron chi connectivity index (χ2n) is 10.7. The molecule has 3 aromatic carbocycles. The van der Waals surface area contributed by atoms with Crippen LogP contribution in [0.5, 0.6) is 0 Å². The molecule has 14 heteroatoms. The van der Waals surface area contributed by atoms with E-state index in [0.717, 1.165) is 42.2 Å². The van der Waals surface area contributed by atoms with Gasteiger partial charge in [-0.3, -0.25) is 19.7 Å². The molecule has 1 saturated heterocycles. The van der Waals surface area contributed by atoms with Crippen LogP contribution in [0.4, 0.5) is 4.79 Å². The number of ether oxygens (including phenoxy) is 1. The van der Waals surface area contributed by atoms with Crippen LogP contribution in [0.2, 0.25) is 0 Å². The summed E-state index contributed by atoms with van der Waals surface area (Å²) < 4.78 is 34.2. The van der Waals surface area contributed by atoms with Crippen molar-refractivity contribution in [2.45, 2.75) is 23.9 Å². The van der Waals surface area contributed by atoms with Crippen molar-refractivity contribution in [3.8, 4) is 11.1 Å². The maximum atomic E-state index is 14.0. The number of rotatable bonds is 17. The molecular weight excluding hydrogens is 614 g/mol. The molecule has 0 aliphatic carbocycles. The SMILES string of the molecule is O=C(NO)[C@@H](CCN(Cc1ccccc1)C(=O)O)N(OCCOCCN1CCNCC1)S(=O)(=O)c1ccc(-c2ccccc2)cc1. The highest BCUT2D eigenvalue weighted by Gasteiger charge is 2.38. The van der Waals surface area contributed by atoms with Gasteiger partial charge in [-0.2, -0.15) is 0 Å². The standard InChI is InChI=1S/C32H41N5O8S/c38-31(34-41)30(15-18-36(32(39)40)25-26-7-3-1-4-8-26)37(45-24-23-44-22-21-35-19-16-33-17-20-35)46(42,43)29-13-11-28(12-14-29)27-9-5-2-6-10-27/h1-14,30,33,41H,15-25H2,(H,34,38)(H,39,40)/t30-/m1/s1. The molecule has 0 radical (unpaired) electrons. The molecule has 0 saturated carbocycles. The molecule has 1 atom stereocenters. The van der Waals surface area contributed by atoms with Gasteiger partial charge in [0.2, 0.25) is 0 Å². The Hall–Kier alpha value is -3.89. The van der Waals surface area contributed by atoms with Gasteiger partial charge in [-0.1, -0.05) is 77.3 Å². The number of nitrogens with one attached hydrogen (secondary N) is 2. The summed E-state index contributed by atoms with van der Waals surface area (Å²) in [6.07, 6.45) is -1.56. The van der Waals surface area contributed by atoms with Gasteiger partial charge in [0, 0.05) is 45.8 Å². The molecule has 46 heavy (non-hydrogen) atoms. The van der Waals surface area contributed by atoms with E-state index in [1.54, 1.807) is 42.5 Å². The molecule has 1 fully saturated rings. The van der Waals surface area contributed by atoms with Crippen molar-refractivity contribution in [3.05, 3.63) is 90.5 Å². The molecule has 4 N–H and O–H groups in total. The topological polar surface area (TPSA) is 161 Å². The zero-order valence-corrected chi connectivity index (χ0v) is 26.3. The third-order valence-corrected chi connectivity index (χ3v) is 9.23. The van der Waals surface area contributed by atoms with Gasteiger partial charge >= 0.3 is 6.09 Å². The third kappa shape index (κ3) is 10.1. The average molecular weight is 656 g/mol. The van der Waals surface area contributed by atoms with E-state index in [9.17, 15) is 28.3 Å². The van der Waals surface area contributed by atoms with E-state index < -0.39 is 28.1 Å². The Kier molecular flexibility index (Phi) is 13.5. The summed E-state index contributed by atoms with van der Waals surface area (Å²) in [5.41, 5.74) is 3.91. The summed E-state index contributed by atoms with van der Waals surface area (Å²) in [5, 5.41) is 22.7. The first-order valence-electron chi connectivity index (χ1n) is 15.1. The van der Waals surface area contributed by atoms with Crippen LogP contribution in [0, 0.1) is 0 Å². The fraction of sp³-hybridized carbons (Fsp3) is 0.375. The predicted molar refractivity (Wildman–Crippen MR) is 170 cm³/mol. The van der Waals surface area contributed by atoms with E-state index in [-0.39, 0.29) is 37.6 Å². The highest BCUT2D eigenvalue weighted by Crippen LogP contribution is 2.25. The third-order valence-electron chi connectivity index (χ3n) is 7.53. The van der Waals surface area contributed by atoms with Crippen LogP contribution >= 0.6 is 0 Å². The average Bonchev–Trinajstić information content (AvgIpc) is 3.09. The summed E-state index contributed by atoms with van der Waals surface area (Å²) in [6.45, 7) is 4.34. The van der Waals surface area contributed by atoms with Crippen LogP contribution in [-0.4, -0.2) is 110 Å². The van der Waals surface area contributed by atoms with E-state index >= 15 is 0 Å². The summed E-state index contributed by atoms with van der Waals surface area (Å²) in [7, 11) is -4.49. The largest absolute Gasteiger partial charge is 0.465 e. The van der Waals surface area contributed by atoms with E-state index in [2.05, 4.69) is 10.2 Å². The number of hydrogen-bond donors (Lipinski definition) is 4. The molecule has 0 bridgehead atoms. The van der Waals surface area contributed by atoms with Crippen molar-refractivity contribution in [3.63, 3.8) is 0 Å². The maximum Gasteiger partial charge on any atom is 0.407 e. The lowest BCUT2D eigenvalue weighted by atomic mass is 10.1. The molecule has 1 aliphatic heterocycles. The molecule has 1 heterocycles. The molecular formula is C32H41N5O8S. The fourth-order valence-corrected chi connectivity index (χ4v) is 6.47. The van der Waals surface area contributed by atoms with E-state index in [1.807, 2.05) is 30.3 Å². The van der Waals surface area contributed by atoms with Gasteiger partial charge in [-0.25, -0.2) is 18.7 Å². The van der Waals surface area contributed by atoms with E-state index in [4.69, 9.17) is 9.57 Å². The van der Waals surface area contributed by atoms with Crippen molar-refractivity contribution in [1.82, 2.24) is 25.1 Å². The summed E-state index contributed by atoms with van der Waals surface area (Å²) in [5.74, 6) is -1.07. The first-order chi connectivity index (χ1) is 22.3. The Morgan fingerprint density at radius 3 is 2.15 bits per heavy atom. The van der Waals surface area contributed by atoms with Gasteiger partial charge in [0.05, 0.1) is 24.7 Å². The van der Waals surface area contributed by atoms with Crippen molar-refractivity contribution in [2.24, 2.45) is 0 Å². The van der Waals surface area contributed by atoms with Crippen molar-refractivity contribution in [1.29, 1.82) is 0 Å². The van der Waals surface area contributed by atoms with Crippen LogP contribution in [-0.2, 0) is 30.9 Å². The van der Waals surface area contributed by atoms with Gasteiger partial charge < -0.3 is 20.1 Å². The number of amides is 2. The monoisotopic (exact) mass is 655 g/mol. The van der Waals surface area contributed by atoms with Gasteiger partial charge in [0.15, 0.2) is 0 Å². The quantitative estimate of drug-likeness (QED) is 0.0967. The minimum atomic E-state index is -4.49. The first kappa shape index (κ1) is 35.0. The number of hydroxylamine groups is 2. The molecule has 0 unspecified atom stereocenters. The number of carbonyl (C=O) groups is 2. The number of benzene rings is 3. The smallest absolute Gasteiger partial charge is 0.407 e. The van der Waals surface area contributed by atoms with Crippen LogP contribution in [0.25, 0.3) is 11.1 Å². The Labute approximate surface area is 269 Å². The molecule has 0 spiro atoms. The minimum absolute atomic E-state index is 0.0130. The lowest BCUT2D eigenvalue weighted by Gasteiger charge is -2.30. The van der Waals surface area contributed by atoms with Crippen LogP contribution in [0.1, 0.15) is 12.0 Å². The second kappa shape index (κ2) is 17.7. The number of piperazine rings is 1.